The van der Waals surface area contributed by atoms with Crippen LogP contribution in [-0.2, 0) is 19.1 Å². The Morgan fingerprint density at radius 3 is 2.52 bits per heavy atom. The third-order valence-electron chi connectivity index (χ3n) is 4.10. The number of benzene rings is 1. The molecule has 0 fully saturated rings. The third kappa shape index (κ3) is 3.72. The van der Waals surface area contributed by atoms with Crippen molar-refractivity contribution in [3.63, 3.8) is 0 Å². The summed E-state index contributed by atoms with van der Waals surface area (Å²) in [5, 5.41) is 0.621. The lowest BCUT2D eigenvalue weighted by Gasteiger charge is -2.31. The minimum Gasteiger partial charge on any atom is -0.468 e. The highest BCUT2D eigenvalue weighted by molar-refractivity contribution is 6.42. The molecule has 0 spiro atoms. The highest BCUT2D eigenvalue weighted by Crippen LogP contribution is 2.44. The smallest absolute Gasteiger partial charge is 0.336 e. The van der Waals surface area contributed by atoms with E-state index in [1.165, 1.54) is 7.11 Å². The maximum absolute atomic E-state index is 12.6. The Hall–Kier alpha value is -1.85. The largest absolute Gasteiger partial charge is 0.468 e. The van der Waals surface area contributed by atoms with Crippen LogP contribution in [0, 0.1) is 5.92 Å². The zero-order valence-electron chi connectivity index (χ0n) is 14.4. The predicted octanol–water partition coefficient (Wildman–Crippen LogP) is 4.18. The molecule has 7 heteroatoms. The Balaban J connectivity index is 2.72. The molecule has 1 aromatic rings. The van der Waals surface area contributed by atoms with E-state index in [2.05, 4.69) is 4.99 Å². The molecule has 0 aromatic heterocycles. The molecule has 1 unspecified atom stereocenters. The molecule has 1 aliphatic rings. The fourth-order valence-electron chi connectivity index (χ4n) is 3.04. The first-order chi connectivity index (χ1) is 11.8. The van der Waals surface area contributed by atoms with Gasteiger partial charge < -0.3 is 9.47 Å². The van der Waals surface area contributed by atoms with E-state index in [1.807, 2.05) is 0 Å². The van der Waals surface area contributed by atoms with Crippen molar-refractivity contribution in [3.05, 3.63) is 45.1 Å². The van der Waals surface area contributed by atoms with Crippen LogP contribution in [0.15, 0.2) is 34.5 Å². The highest BCUT2D eigenvalue weighted by atomic mass is 35.5. The molecule has 25 heavy (non-hydrogen) atoms. The topological polar surface area (TPSA) is 65.0 Å². The second-order valence-electron chi connectivity index (χ2n) is 5.59. The van der Waals surface area contributed by atoms with Gasteiger partial charge in [0, 0.05) is 17.3 Å². The van der Waals surface area contributed by atoms with Crippen molar-refractivity contribution < 1.29 is 19.1 Å². The van der Waals surface area contributed by atoms with Gasteiger partial charge >= 0.3 is 11.9 Å². The first-order valence-electron chi connectivity index (χ1n) is 7.78. The lowest BCUT2D eigenvalue weighted by Crippen LogP contribution is -2.36. The van der Waals surface area contributed by atoms with E-state index in [0.717, 1.165) is 0 Å². The molecule has 1 aromatic carbocycles. The van der Waals surface area contributed by atoms with E-state index in [1.54, 1.807) is 39.0 Å². The summed E-state index contributed by atoms with van der Waals surface area (Å²) in [7, 11) is 1.29. The van der Waals surface area contributed by atoms with Gasteiger partial charge in [-0.1, -0.05) is 35.3 Å². The van der Waals surface area contributed by atoms with Crippen molar-refractivity contribution in [2.75, 3.05) is 13.7 Å². The molecule has 5 nitrogen and oxygen atoms in total. The maximum atomic E-state index is 12.6. The van der Waals surface area contributed by atoms with Crippen LogP contribution in [0.5, 0.6) is 0 Å². The summed E-state index contributed by atoms with van der Waals surface area (Å²) in [6.07, 6.45) is 0. The second-order valence-corrected chi connectivity index (χ2v) is 6.38. The quantitative estimate of drug-likeness (QED) is 0.731. The molecule has 0 bridgehead atoms. The Bertz CT molecular complexity index is 770. The van der Waals surface area contributed by atoms with Gasteiger partial charge in [-0.25, -0.2) is 4.79 Å². The second kappa shape index (κ2) is 8.02. The molecule has 1 aliphatic heterocycles. The van der Waals surface area contributed by atoms with Crippen LogP contribution in [-0.4, -0.2) is 31.4 Å². The molecular formula is C18H19Cl2NO4. The van der Waals surface area contributed by atoms with Gasteiger partial charge in [-0.2, -0.15) is 0 Å². The van der Waals surface area contributed by atoms with Crippen molar-refractivity contribution in [3.8, 4) is 0 Å². The van der Waals surface area contributed by atoms with Crippen LogP contribution in [0.1, 0.15) is 32.3 Å². The molecule has 2 atom stereocenters. The molecule has 2 rings (SSSR count). The van der Waals surface area contributed by atoms with Gasteiger partial charge in [-0.3, -0.25) is 9.79 Å². The Labute approximate surface area is 156 Å². The number of methoxy groups -OCH3 is 1. The van der Waals surface area contributed by atoms with Crippen molar-refractivity contribution in [1.29, 1.82) is 0 Å². The fourth-order valence-corrected chi connectivity index (χ4v) is 3.47. The minimum atomic E-state index is -0.788. The average Bonchev–Trinajstić information content (AvgIpc) is 2.56. The summed E-state index contributed by atoms with van der Waals surface area (Å²) >= 11 is 12.5. The molecule has 0 saturated heterocycles. The summed E-state index contributed by atoms with van der Waals surface area (Å²) in [6.45, 7) is 5.34. The van der Waals surface area contributed by atoms with Gasteiger partial charge in [-0.15, -0.1) is 0 Å². The summed E-state index contributed by atoms with van der Waals surface area (Å²) in [5.41, 5.74) is 1.86. The number of allylic oxidation sites excluding steroid dienone is 1. The van der Waals surface area contributed by atoms with Crippen LogP contribution < -0.4 is 0 Å². The van der Waals surface area contributed by atoms with Crippen LogP contribution in [0.4, 0.5) is 0 Å². The normalized spacial score (nSPS) is 20.2. The molecule has 0 aliphatic carbocycles. The molecule has 0 N–H and O–H groups in total. The monoisotopic (exact) mass is 383 g/mol. The van der Waals surface area contributed by atoms with Gasteiger partial charge in [0.15, 0.2) is 0 Å². The standard InChI is InChI=1S/C18H19Cl2NO4/c1-5-25-18(23)14-10(3)21-9(2)13(17(22)24-4)15(14)11-7-6-8-12(19)16(11)20/h6-8,13,15H,5H2,1-4H3/t13?,15-/m0/s1. The Morgan fingerprint density at radius 2 is 1.92 bits per heavy atom. The highest BCUT2D eigenvalue weighted by Gasteiger charge is 2.43. The van der Waals surface area contributed by atoms with Gasteiger partial charge in [-0.05, 0) is 32.4 Å². The molecule has 0 saturated carbocycles. The number of halogens is 2. The number of carbonyl (C=O) groups excluding carboxylic acids is 2. The van der Waals surface area contributed by atoms with Crippen LogP contribution in [0.25, 0.3) is 0 Å². The lowest BCUT2D eigenvalue weighted by molar-refractivity contribution is -0.144. The SMILES string of the molecule is CCOC(=O)C1=C(C)N=C(C)C(C(=O)OC)[C@@H]1c1cccc(Cl)c1Cl. The van der Waals surface area contributed by atoms with E-state index in [-0.39, 0.29) is 17.2 Å². The maximum Gasteiger partial charge on any atom is 0.336 e. The van der Waals surface area contributed by atoms with E-state index >= 15 is 0 Å². The number of esters is 2. The minimum absolute atomic E-state index is 0.206. The van der Waals surface area contributed by atoms with Crippen LogP contribution >= 0.6 is 23.2 Å². The summed E-state index contributed by atoms with van der Waals surface area (Å²) in [6, 6.07) is 5.10. The number of rotatable bonds is 4. The third-order valence-corrected chi connectivity index (χ3v) is 4.93. The molecule has 134 valence electrons. The lowest BCUT2D eigenvalue weighted by atomic mass is 9.75. The summed E-state index contributed by atoms with van der Waals surface area (Å²) < 4.78 is 10.1. The first kappa shape index (κ1) is 19.5. The van der Waals surface area contributed by atoms with Crippen molar-refractivity contribution in [1.82, 2.24) is 0 Å². The average molecular weight is 384 g/mol. The first-order valence-corrected chi connectivity index (χ1v) is 8.53. The van der Waals surface area contributed by atoms with Gasteiger partial charge in [0.05, 0.1) is 29.3 Å². The fraction of sp³-hybridized carbons (Fsp3) is 0.389. The number of hydrogen-bond donors (Lipinski definition) is 0. The number of ether oxygens (including phenoxy) is 2. The van der Waals surface area contributed by atoms with E-state index in [9.17, 15) is 9.59 Å². The molecule has 1 heterocycles. The van der Waals surface area contributed by atoms with Gasteiger partial charge in [0.2, 0.25) is 0 Å². The number of aliphatic imine (C=N–C) groups is 1. The summed E-state index contributed by atoms with van der Waals surface area (Å²) in [5.74, 6) is -2.51. The van der Waals surface area contributed by atoms with E-state index < -0.39 is 23.8 Å². The van der Waals surface area contributed by atoms with Gasteiger partial charge in [0.25, 0.3) is 0 Å². The van der Waals surface area contributed by atoms with E-state index in [4.69, 9.17) is 32.7 Å². The molecule has 0 radical (unpaired) electrons. The van der Waals surface area contributed by atoms with Crippen molar-refractivity contribution in [2.24, 2.45) is 10.9 Å². The van der Waals surface area contributed by atoms with E-state index in [0.29, 0.717) is 22.0 Å². The van der Waals surface area contributed by atoms with Crippen molar-refractivity contribution >= 4 is 40.9 Å². The number of carbonyl (C=O) groups is 2. The van der Waals surface area contributed by atoms with Crippen LogP contribution in [0.3, 0.4) is 0 Å². The van der Waals surface area contributed by atoms with Crippen LogP contribution in [0.2, 0.25) is 10.0 Å². The zero-order chi connectivity index (χ0) is 18.7. The Kier molecular flexibility index (Phi) is 6.25. The predicted molar refractivity (Wildman–Crippen MR) is 97.2 cm³/mol. The number of hydrogen-bond acceptors (Lipinski definition) is 5. The summed E-state index contributed by atoms with van der Waals surface area (Å²) in [4.78, 5) is 29.4. The zero-order valence-corrected chi connectivity index (χ0v) is 15.9. The Morgan fingerprint density at radius 1 is 1.24 bits per heavy atom. The molecule has 0 amide bonds. The van der Waals surface area contributed by atoms with Crippen molar-refractivity contribution in [2.45, 2.75) is 26.7 Å². The number of nitrogens with zero attached hydrogens (tertiary/aromatic N) is 1. The molecular weight excluding hydrogens is 365 g/mol. The van der Waals surface area contributed by atoms with Gasteiger partial charge in [0.1, 0.15) is 5.92 Å².